The van der Waals surface area contributed by atoms with Gasteiger partial charge in [0.15, 0.2) is 0 Å². The van der Waals surface area contributed by atoms with Gasteiger partial charge in [0.25, 0.3) is 0 Å². The second kappa shape index (κ2) is 6.64. The average Bonchev–Trinajstić information content (AvgIpc) is 2.97. The molecule has 0 saturated carbocycles. The lowest BCUT2D eigenvalue weighted by Gasteiger charge is -2.33. The molecule has 120 valence electrons. The van der Waals surface area contributed by atoms with Gasteiger partial charge in [0, 0.05) is 19.6 Å². The Bertz CT molecular complexity index is 395. The molecule has 2 atom stereocenters. The molecular weight excluding hydrogens is 287 g/mol. The lowest BCUT2D eigenvalue weighted by molar-refractivity contribution is -0.187. The smallest absolute Gasteiger partial charge is 0.354 e. The fourth-order valence-electron chi connectivity index (χ4n) is 2.87. The molecule has 2 aliphatic rings. The van der Waals surface area contributed by atoms with Gasteiger partial charge in [-0.15, -0.1) is 0 Å². The molecule has 0 spiro atoms. The van der Waals surface area contributed by atoms with Crippen LogP contribution >= 0.6 is 0 Å². The van der Waals surface area contributed by atoms with Crippen molar-refractivity contribution in [2.45, 2.75) is 37.9 Å². The first-order chi connectivity index (χ1) is 9.88. The van der Waals surface area contributed by atoms with Gasteiger partial charge in [-0.1, -0.05) is 0 Å². The van der Waals surface area contributed by atoms with Gasteiger partial charge in [0.1, 0.15) is 0 Å². The Hall–Kier alpha value is -1.31. The molecule has 2 amide bonds. The van der Waals surface area contributed by atoms with Crippen LogP contribution in [0.1, 0.15) is 25.7 Å². The molecule has 2 saturated heterocycles. The zero-order valence-electron chi connectivity index (χ0n) is 11.7. The summed E-state index contributed by atoms with van der Waals surface area (Å²) in [6, 6.07) is -0.193. The molecule has 2 aliphatic heterocycles. The second-order valence-electron chi connectivity index (χ2n) is 5.65. The van der Waals surface area contributed by atoms with Crippen molar-refractivity contribution in [2.24, 2.45) is 5.92 Å². The first kappa shape index (κ1) is 16.1. The van der Waals surface area contributed by atoms with E-state index in [0.29, 0.717) is 13.0 Å². The summed E-state index contributed by atoms with van der Waals surface area (Å²) >= 11 is 0. The molecule has 2 heterocycles. The minimum Gasteiger partial charge on any atom is -0.354 e. The van der Waals surface area contributed by atoms with Crippen LogP contribution in [-0.2, 0) is 9.59 Å². The van der Waals surface area contributed by atoms with Crippen molar-refractivity contribution in [1.29, 1.82) is 0 Å². The summed E-state index contributed by atoms with van der Waals surface area (Å²) < 4.78 is 37.2. The minimum absolute atomic E-state index is 0.0523. The molecule has 2 rings (SSSR count). The van der Waals surface area contributed by atoms with Gasteiger partial charge in [0.2, 0.25) is 5.91 Å². The van der Waals surface area contributed by atoms with Crippen molar-refractivity contribution in [3.8, 4) is 0 Å². The van der Waals surface area contributed by atoms with Crippen LogP contribution in [0.4, 0.5) is 13.2 Å². The van der Waals surface area contributed by atoms with E-state index in [1.165, 1.54) is 0 Å². The number of nitrogens with zero attached hydrogens (tertiary/aromatic N) is 1. The van der Waals surface area contributed by atoms with Crippen molar-refractivity contribution in [1.82, 2.24) is 15.5 Å². The van der Waals surface area contributed by atoms with Crippen molar-refractivity contribution >= 4 is 11.8 Å². The van der Waals surface area contributed by atoms with Gasteiger partial charge in [-0.05, 0) is 38.1 Å². The SMILES string of the molecule is O=C(NCC1CCCN(C(=O)C(F)(F)F)C1)C1CCCN1. The van der Waals surface area contributed by atoms with Gasteiger partial charge in [-0.2, -0.15) is 13.2 Å². The summed E-state index contributed by atoms with van der Waals surface area (Å²) in [6.45, 7) is 1.32. The molecule has 2 unspecified atom stereocenters. The van der Waals surface area contributed by atoms with Crippen LogP contribution in [-0.4, -0.2) is 55.1 Å². The number of halogens is 3. The fourth-order valence-corrected chi connectivity index (χ4v) is 2.87. The van der Waals surface area contributed by atoms with E-state index >= 15 is 0 Å². The third kappa shape index (κ3) is 4.33. The van der Waals surface area contributed by atoms with E-state index < -0.39 is 12.1 Å². The summed E-state index contributed by atoms with van der Waals surface area (Å²) in [6.07, 6.45) is -1.83. The van der Waals surface area contributed by atoms with E-state index in [1.54, 1.807) is 0 Å². The predicted octanol–water partition coefficient (Wildman–Crippen LogP) is 0.655. The summed E-state index contributed by atoms with van der Waals surface area (Å²) in [4.78, 5) is 23.9. The number of carbonyl (C=O) groups is 2. The zero-order chi connectivity index (χ0) is 15.5. The third-order valence-electron chi connectivity index (χ3n) is 3.99. The van der Waals surface area contributed by atoms with E-state index in [4.69, 9.17) is 0 Å². The number of rotatable bonds is 3. The highest BCUT2D eigenvalue weighted by Gasteiger charge is 2.43. The fraction of sp³-hybridized carbons (Fsp3) is 0.846. The molecule has 0 aromatic rings. The summed E-state index contributed by atoms with van der Waals surface area (Å²) in [7, 11) is 0. The number of alkyl halides is 3. The normalized spacial score (nSPS) is 26.7. The van der Waals surface area contributed by atoms with Crippen LogP contribution in [0.5, 0.6) is 0 Å². The van der Waals surface area contributed by atoms with Crippen LogP contribution in [0, 0.1) is 5.92 Å². The van der Waals surface area contributed by atoms with Crippen molar-refractivity contribution in [2.75, 3.05) is 26.2 Å². The van der Waals surface area contributed by atoms with Crippen molar-refractivity contribution in [3.05, 3.63) is 0 Å². The molecule has 2 fully saturated rings. The largest absolute Gasteiger partial charge is 0.471 e. The Kier molecular flexibility index (Phi) is 5.08. The average molecular weight is 307 g/mol. The predicted molar refractivity (Wildman–Crippen MR) is 69.4 cm³/mol. The summed E-state index contributed by atoms with van der Waals surface area (Å²) in [5.41, 5.74) is 0. The highest BCUT2D eigenvalue weighted by Crippen LogP contribution is 2.23. The Labute approximate surface area is 121 Å². The lowest BCUT2D eigenvalue weighted by Crippen LogP contribution is -2.49. The van der Waals surface area contributed by atoms with Gasteiger partial charge in [-0.3, -0.25) is 9.59 Å². The lowest BCUT2D eigenvalue weighted by atomic mass is 9.97. The van der Waals surface area contributed by atoms with Crippen LogP contribution in [0.3, 0.4) is 0 Å². The van der Waals surface area contributed by atoms with Gasteiger partial charge < -0.3 is 15.5 Å². The highest BCUT2D eigenvalue weighted by molar-refractivity contribution is 5.82. The Morgan fingerprint density at radius 3 is 2.62 bits per heavy atom. The van der Waals surface area contributed by atoms with E-state index in [1.807, 2.05) is 0 Å². The van der Waals surface area contributed by atoms with E-state index in [2.05, 4.69) is 10.6 Å². The topological polar surface area (TPSA) is 61.4 Å². The quantitative estimate of drug-likeness (QED) is 0.805. The van der Waals surface area contributed by atoms with E-state index in [9.17, 15) is 22.8 Å². The van der Waals surface area contributed by atoms with Crippen LogP contribution < -0.4 is 10.6 Å². The first-order valence-corrected chi connectivity index (χ1v) is 7.25. The molecule has 0 bridgehead atoms. The van der Waals surface area contributed by atoms with E-state index in [-0.39, 0.29) is 31.0 Å². The van der Waals surface area contributed by atoms with E-state index in [0.717, 1.165) is 30.7 Å². The Morgan fingerprint density at radius 2 is 2.00 bits per heavy atom. The van der Waals surface area contributed by atoms with Crippen molar-refractivity contribution in [3.63, 3.8) is 0 Å². The molecule has 21 heavy (non-hydrogen) atoms. The monoisotopic (exact) mass is 307 g/mol. The molecule has 0 radical (unpaired) electrons. The number of piperidine rings is 1. The van der Waals surface area contributed by atoms with Gasteiger partial charge in [-0.25, -0.2) is 0 Å². The van der Waals surface area contributed by atoms with Gasteiger partial charge in [0.05, 0.1) is 6.04 Å². The molecular formula is C13H20F3N3O2. The first-order valence-electron chi connectivity index (χ1n) is 7.25. The maximum absolute atomic E-state index is 12.4. The number of likely N-dealkylation sites (tertiary alicyclic amines) is 1. The molecule has 2 N–H and O–H groups in total. The molecule has 0 aromatic carbocycles. The standard InChI is InChI=1S/C13H20F3N3O2/c14-13(15,16)12(21)19-6-2-3-9(8-19)7-18-11(20)10-4-1-5-17-10/h9-10,17H,1-8H2,(H,18,20). The van der Waals surface area contributed by atoms with Crippen LogP contribution in [0.25, 0.3) is 0 Å². The number of amides is 2. The van der Waals surface area contributed by atoms with Crippen LogP contribution in [0.15, 0.2) is 0 Å². The Balaban J connectivity index is 1.78. The highest BCUT2D eigenvalue weighted by atomic mass is 19.4. The molecule has 5 nitrogen and oxygen atoms in total. The Morgan fingerprint density at radius 1 is 1.24 bits per heavy atom. The maximum atomic E-state index is 12.4. The zero-order valence-corrected chi connectivity index (χ0v) is 11.7. The number of hydrogen-bond donors (Lipinski definition) is 2. The summed E-state index contributed by atoms with van der Waals surface area (Å²) in [5.74, 6) is -2.00. The molecule has 8 heteroatoms. The molecule has 0 aliphatic carbocycles. The van der Waals surface area contributed by atoms with Crippen LogP contribution in [0.2, 0.25) is 0 Å². The number of nitrogens with one attached hydrogen (secondary N) is 2. The second-order valence-corrected chi connectivity index (χ2v) is 5.65. The van der Waals surface area contributed by atoms with Crippen molar-refractivity contribution < 1.29 is 22.8 Å². The maximum Gasteiger partial charge on any atom is 0.471 e. The number of carbonyl (C=O) groups excluding carboxylic acids is 2. The number of hydrogen-bond acceptors (Lipinski definition) is 3. The van der Waals surface area contributed by atoms with Gasteiger partial charge >= 0.3 is 12.1 Å². The summed E-state index contributed by atoms with van der Waals surface area (Å²) in [5, 5.41) is 5.84. The third-order valence-corrected chi connectivity index (χ3v) is 3.99. The minimum atomic E-state index is -4.82. The molecule has 0 aromatic heterocycles.